The van der Waals surface area contributed by atoms with Gasteiger partial charge in [0, 0.05) is 65.5 Å². The van der Waals surface area contributed by atoms with E-state index in [0.717, 1.165) is 78.2 Å². The first-order valence-corrected chi connectivity index (χ1v) is 11.0. The number of ether oxygens (including phenoxy) is 1. The molecule has 0 aromatic carbocycles. The maximum Gasteiger partial charge on any atom is 0.224 e. The fourth-order valence-electron chi connectivity index (χ4n) is 4.85. The van der Waals surface area contributed by atoms with E-state index in [-0.39, 0.29) is 17.9 Å². The molecule has 3 saturated heterocycles. The van der Waals surface area contributed by atoms with Gasteiger partial charge in [-0.15, -0.1) is 0 Å². The highest BCUT2D eigenvalue weighted by molar-refractivity contribution is 5.79. The van der Waals surface area contributed by atoms with Crippen molar-refractivity contribution in [3.8, 4) is 0 Å². The van der Waals surface area contributed by atoms with E-state index in [0.29, 0.717) is 18.4 Å². The summed E-state index contributed by atoms with van der Waals surface area (Å²) in [7, 11) is 2.21. The molecule has 6 heteroatoms. The van der Waals surface area contributed by atoms with Gasteiger partial charge in [-0.1, -0.05) is 13.8 Å². The van der Waals surface area contributed by atoms with Crippen molar-refractivity contribution in [2.45, 2.75) is 39.2 Å². The van der Waals surface area contributed by atoms with Gasteiger partial charge in [0.1, 0.15) is 0 Å². The molecule has 0 aliphatic carbocycles. The molecule has 0 aromatic heterocycles. The molecule has 3 atom stereocenters. The van der Waals surface area contributed by atoms with E-state index in [9.17, 15) is 4.79 Å². The number of nitrogens with zero attached hydrogens (tertiary/aromatic N) is 3. The van der Waals surface area contributed by atoms with Gasteiger partial charge in [0.05, 0.1) is 12.0 Å². The van der Waals surface area contributed by atoms with Crippen molar-refractivity contribution in [2.24, 2.45) is 17.8 Å². The SMILES string of the molecule is CC(C)CN1C[C@@H](CN2CCN(C)CC2)C[C@@H](C(=O)NCC2CCCO2)C1. The Balaban J connectivity index is 1.52. The molecule has 1 unspecified atom stereocenters. The summed E-state index contributed by atoms with van der Waals surface area (Å²) in [6.45, 7) is 15.0. The Morgan fingerprint density at radius 3 is 2.59 bits per heavy atom. The van der Waals surface area contributed by atoms with Gasteiger partial charge in [-0.05, 0) is 38.1 Å². The van der Waals surface area contributed by atoms with E-state index in [4.69, 9.17) is 4.74 Å². The number of likely N-dealkylation sites (N-methyl/N-ethyl adjacent to an activating group) is 1. The molecule has 6 nitrogen and oxygen atoms in total. The Morgan fingerprint density at radius 1 is 1.15 bits per heavy atom. The van der Waals surface area contributed by atoms with Crippen LogP contribution in [-0.2, 0) is 9.53 Å². The number of carbonyl (C=O) groups excluding carboxylic acids is 1. The summed E-state index contributed by atoms with van der Waals surface area (Å²) in [5, 5.41) is 3.19. The zero-order valence-corrected chi connectivity index (χ0v) is 17.7. The van der Waals surface area contributed by atoms with Crippen molar-refractivity contribution >= 4 is 5.91 Å². The van der Waals surface area contributed by atoms with Crippen LogP contribution in [0.25, 0.3) is 0 Å². The predicted molar refractivity (Wildman–Crippen MR) is 109 cm³/mol. The second kappa shape index (κ2) is 10.2. The molecule has 0 aromatic rings. The molecular formula is C21H40N4O2. The minimum Gasteiger partial charge on any atom is -0.376 e. The van der Waals surface area contributed by atoms with E-state index in [1.165, 1.54) is 0 Å². The van der Waals surface area contributed by atoms with Crippen LogP contribution in [-0.4, -0.2) is 99.3 Å². The van der Waals surface area contributed by atoms with Gasteiger partial charge in [-0.2, -0.15) is 0 Å². The normalized spacial score (nSPS) is 31.5. The lowest BCUT2D eigenvalue weighted by molar-refractivity contribution is -0.128. The maximum atomic E-state index is 12.9. The largest absolute Gasteiger partial charge is 0.376 e. The third kappa shape index (κ3) is 6.70. The Labute approximate surface area is 165 Å². The molecule has 3 aliphatic heterocycles. The number of hydrogen-bond acceptors (Lipinski definition) is 5. The van der Waals surface area contributed by atoms with Crippen LogP contribution in [0, 0.1) is 17.8 Å². The molecule has 1 N–H and O–H groups in total. The molecule has 0 bridgehead atoms. The van der Waals surface area contributed by atoms with E-state index < -0.39 is 0 Å². The monoisotopic (exact) mass is 380 g/mol. The van der Waals surface area contributed by atoms with Crippen molar-refractivity contribution in [1.29, 1.82) is 0 Å². The number of likely N-dealkylation sites (tertiary alicyclic amines) is 1. The first-order chi connectivity index (χ1) is 13.0. The summed E-state index contributed by atoms with van der Waals surface area (Å²) in [6.07, 6.45) is 3.46. The van der Waals surface area contributed by atoms with Gasteiger partial charge in [0.25, 0.3) is 0 Å². The first-order valence-electron chi connectivity index (χ1n) is 11.0. The lowest BCUT2D eigenvalue weighted by Gasteiger charge is -2.41. The topological polar surface area (TPSA) is 48.0 Å². The Morgan fingerprint density at radius 2 is 1.93 bits per heavy atom. The highest BCUT2D eigenvalue weighted by atomic mass is 16.5. The van der Waals surface area contributed by atoms with Gasteiger partial charge in [-0.3, -0.25) is 4.79 Å². The molecule has 3 fully saturated rings. The van der Waals surface area contributed by atoms with Crippen molar-refractivity contribution in [2.75, 3.05) is 72.6 Å². The first kappa shape index (κ1) is 21.0. The van der Waals surface area contributed by atoms with Gasteiger partial charge in [0.2, 0.25) is 5.91 Å². The van der Waals surface area contributed by atoms with E-state index >= 15 is 0 Å². The molecule has 27 heavy (non-hydrogen) atoms. The van der Waals surface area contributed by atoms with Crippen molar-refractivity contribution < 1.29 is 9.53 Å². The molecule has 0 spiro atoms. The third-order valence-corrected chi connectivity index (χ3v) is 6.25. The average Bonchev–Trinajstić information content (AvgIpc) is 3.14. The summed E-state index contributed by atoms with van der Waals surface area (Å²) < 4.78 is 5.66. The number of nitrogens with one attached hydrogen (secondary N) is 1. The van der Waals surface area contributed by atoms with Crippen LogP contribution in [0.3, 0.4) is 0 Å². The minimum atomic E-state index is 0.122. The fraction of sp³-hybridized carbons (Fsp3) is 0.952. The van der Waals surface area contributed by atoms with E-state index in [2.05, 4.69) is 40.9 Å². The lowest BCUT2D eigenvalue weighted by Crippen LogP contribution is -2.52. The quantitative estimate of drug-likeness (QED) is 0.717. The number of piperazine rings is 1. The number of carbonyl (C=O) groups is 1. The van der Waals surface area contributed by atoms with Crippen LogP contribution in [0.1, 0.15) is 33.1 Å². The molecule has 3 rings (SSSR count). The van der Waals surface area contributed by atoms with Crippen LogP contribution in [0.4, 0.5) is 0 Å². The van der Waals surface area contributed by atoms with Crippen LogP contribution in [0.2, 0.25) is 0 Å². The van der Waals surface area contributed by atoms with Crippen LogP contribution in [0.15, 0.2) is 0 Å². The highest BCUT2D eigenvalue weighted by Gasteiger charge is 2.33. The Bertz CT molecular complexity index is 459. The Hall–Kier alpha value is -0.690. The van der Waals surface area contributed by atoms with Crippen molar-refractivity contribution in [3.63, 3.8) is 0 Å². The predicted octanol–water partition coefficient (Wildman–Crippen LogP) is 1.12. The van der Waals surface area contributed by atoms with Gasteiger partial charge in [-0.25, -0.2) is 0 Å². The smallest absolute Gasteiger partial charge is 0.224 e. The number of piperidine rings is 1. The second-order valence-electron chi connectivity index (χ2n) is 9.40. The number of amides is 1. The van der Waals surface area contributed by atoms with E-state index in [1.54, 1.807) is 0 Å². The lowest BCUT2D eigenvalue weighted by atomic mass is 9.87. The minimum absolute atomic E-state index is 0.122. The number of rotatable bonds is 7. The number of hydrogen-bond donors (Lipinski definition) is 1. The summed E-state index contributed by atoms with van der Waals surface area (Å²) in [5.74, 6) is 1.60. The van der Waals surface area contributed by atoms with Crippen molar-refractivity contribution in [3.05, 3.63) is 0 Å². The maximum absolute atomic E-state index is 12.9. The summed E-state index contributed by atoms with van der Waals surface area (Å²) in [4.78, 5) is 20.4. The summed E-state index contributed by atoms with van der Waals surface area (Å²) in [6, 6.07) is 0. The Kier molecular flexibility index (Phi) is 7.94. The average molecular weight is 381 g/mol. The zero-order valence-electron chi connectivity index (χ0n) is 17.7. The summed E-state index contributed by atoms with van der Waals surface area (Å²) >= 11 is 0. The van der Waals surface area contributed by atoms with Crippen LogP contribution < -0.4 is 5.32 Å². The molecule has 0 saturated carbocycles. The zero-order chi connectivity index (χ0) is 19.2. The van der Waals surface area contributed by atoms with E-state index in [1.807, 2.05) is 0 Å². The molecule has 1 amide bonds. The second-order valence-corrected chi connectivity index (χ2v) is 9.40. The summed E-state index contributed by atoms with van der Waals surface area (Å²) in [5.41, 5.74) is 0. The molecule has 3 heterocycles. The third-order valence-electron chi connectivity index (χ3n) is 6.25. The standard InChI is InChI=1S/C21H40N4O2/c1-17(2)13-25-15-18(14-24-8-6-23(3)7-9-24)11-19(16-25)21(26)22-12-20-5-4-10-27-20/h17-20H,4-16H2,1-3H3,(H,22,26)/t18-,19-,20?/m1/s1. The molecule has 3 aliphatic rings. The molecule has 0 radical (unpaired) electrons. The molecule has 156 valence electrons. The highest BCUT2D eigenvalue weighted by Crippen LogP contribution is 2.24. The fourth-order valence-corrected chi connectivity index (χ4v) is 4.85. The van der Waals surface area contributed by atoms with Crippen molar-refractivity contribution in [1.82, 2.24) is 20.0 Å². The van der Waals surface area contributed by atoms with Gasteiger partial charge < -0.3 is 24.8 Å². The van der Waals surface area contributed by atoms with Crippen LogP contribution >= 0.6 is 0 Å². The van der Waals surface area contributed by atoms with Crippen LogP contribution in [0.5, 0.6) is 0 Å². The van der Waals surface area contributed by atoms with Gasteiger partial charge in [0.15, 0.2) is 0 Å². The van der Waals surface area contributed by atoms with Gasteiger partial charge >= 0.3 is 0 Å². The molecular weight excluding hydrogens is 340 g/mol.